The summed E-state index contributed by atoms with van der Waals surface area (Å²) in [4.78, 5) is 24.3. The van der Waals surface area contributed by atoms with Crippen molar-refractivity contribution in [2.75, 3.05) is 6.61 Å². The Hall–Kier alpha value is -1.38. The van der Waals surface area contributed by atoms with Crippen LogP contribution in [-0.4, -0.2) is 18.4 Å². The van der Waals surface area contributed by atoms with E-state index >= 15 is 0 Å². The molecule has 0 saturated heterocycles. The van der Waals surface area contributed by atoms with E-state index in [2.05, 4.69) is 13.2 Å². The van der Waals surface area contributed by atoms with Crippen LogP contribution in [0.5, 0.6) is 0 Å². The summed E-state index contributed by atoms with van der Waals surface area (Å²) in [5.41, 5.74) is -0.981. The zero-order valence-corrected chi connectivity index (χ0v) is 10.4. The van der Waals surface area contributed by atoms with Gasteiger partial charge in [0, 0.05) is 5.92 Å². The molecule has 17 heavy (non-hydrogen) atoms. The molecular formula is C14H20O3. The van der Waals surface area contributed by atoms with E-state index in [1.165, 1.54) is 0 Å². The van der Waals surface area contributed by atoms with E-state index in [0.29, 0.717) is 25.9 Å². The van der Waals surface area contributed by atoms with E-state index in [9.17, 15) is 9.59 Å². The fraction of sp³-hybridized carbons (Fsp3) is 0.571. The molecule has 1 aliphatic carbocycles. The quantitative estimate of drug-likeness (QED) is 0.404. The summed E-state index contributed by atoms with van der Waals surface area (Å²) < 4.78 is 5.05. The third-order valence-electron chi connectivity index (χ3n) is 3.37. The van der Waals surface area contributed by atoms with Crippen molar-refractivity contribution in [3.8, 4) is 0 Å². The number of carbonyl (C=O) groups is 2. The zero-order valence-electron chi connectivity index (χ0n) is 10.4. The van der Waals surface area contributed by atoms with Gasteiger partial charge in [0.1, 0.15) is 5.41 Å². The molecule has 3 nitrogen and oxygen atoms in total. The number of Topliss-reactive ketones (excluding diaryl/α,β-unsaturated/α-hetero) is 1. The van der Waals surface area contributed by atoms with Crippen LogP contribution in [0.3, 0.4) is 0 Å². The number of hydrogen-bond donors (Lipinski definition) is 0. The summed E-state index contributed by atoms with van der Waals surface area (Å²) in [6.07, 6.45) is 5.67. The van der Waals surface area contributed by atoms with Crippen LogP contribution in [0.25, 0.3) is 0 Å². The summed E-state index contributed by atoms with van der Waals surface area (Å²) in [7, 11) is 0. The van der Waals surface area contributed by atoms with E-state index in [0.717, 1.165) is 6.42 Å². The monoisotopic (exact) mass is 236 g/mol. The molecule has 94 valence electrons. The van der Waals surface area contributed by atoms with Gasteiger partial charge in [0.25, 0.3) is 0 Å². The number of esters is 1. The molecule has 2 atom stereocenters. The Bertz CT molecular complexity index is 332. The van der Waals surface area contributed by atoms with Crippen LogP contribution < -0.4 is 0 Å². The van der Waals surface area contributed by atoms with Crippen molar-refractivity contribution in [3.05, 3.63) is 25.3 Å². The summed E-state index contributed by atoms with van der Waals surface area (Å²) >= 11 is 0. The van der Waals surface area contributed by atoms with Gasteiger partial charge >= 0.3 is 5.97 Å². The molecule has 1 aliphatic rings. The van der Waals surface area contributed by atoms with Crippen LogP contribution in [0.2, 0.25) is 0 Å². The lowest BCUT2D eigenvalue weighted by Gasteiger charge is -2.24. The van der Waals surface area contributed by atoms with Crippen molar-refractivity contribution >= 4 is 11.8 Å². The van der Waals surface area contributed by atoms with Gasteiger partial charge in [0.15, 0.2) is 5.78 Å². The van der Waals surface area contributed by atoms with Gasteiger partial charge in [-0.2, -0.15) is 0 Å². The lowest BCUT2D eigenvalue weighted by molar-refractivity contribution is -0.159. The zero-order chi connectivity index (χ0) is 12.9. The Morgan fingerprint density at radius 2 is 2.24 bits per heavy atom. The van der Waals surface area contributed by atoms with Crippen LogP contribution >= 0.6 is 0 Å². The van der Waals surface area contributed by atoms with E-state index in [1.807, 2.05) is 0 Å². The van der Waals surface area contributed by atoms with Crippen molar-refractivity contribution in [1.82, 2.24) is 0 Å². The molecule has 0 unspecified atom stereocenters. The van der Waals surface area contributed by atoms with Crippen molar-refractivity contribution in [1.29, 1.82) is 0 Å². The Morgan fingerprint density at radius 3 is 2.76 bits per heavy atom. The maximum absolute atomic E-state index is 12.3. The topological polar surface area (TPSA) is 43.4 Å². The number of hydrogen-bond acceptors (Lipinski definition) is 3. The van der Waals surface area contributed by atoms with E-state index in [-0.39, 0.29) is 11.7 Å². The highest BCUT2D eigenvalue weighted by Crippen LogP contribution is 2.43. The van der Waals surface area contributed by atoms with Gasteiger partial charge in [0.2, 0.25) is 0 Å². The fourth-order valence-electron chi connectivity index (χ4n) is 2.50. The first-order valence-electron chi connectivity index (χ1n) is 6.05. The molecule has 0 radical (unpaired) electrons. The average molecular weight is 236 g/mol. The second-order valence-electron chi connectivity index (χ2n) is 4.42. The minimum Gasteiger partial charge on any atom is -0.465 e. The Kier molecular flexibility index (Phi) is 4.67. The minimum atomic E-state index is -0.981. The highest BCUT2D eigenvalue weighted by molar-refractivity contribution is 6.06. The van der Waals surface area contributed by atoms with Crippen LogP contribution in [0, 0.1) is 11.3 Å². The second kappa shape index (κ2) is 5.80. The second-order valence-corrected chi connectivity index (χ2v) is 4.42. The number of carbonyl (C=O) groups excluding carboxylic acids is 2. The Labute approximate surface area is 103 Å². The largest absolute Gasteiger partial charge is 0.465 e. The summed E-state index contributed by atoms with van der Waals surface area (Å²) in [5.74, 6) is -0.482. The van der Waals surface area contributed by atoms with Gasteiger partial charge < -0.3 is 4.74 Å². The van der Waals surface area contributed by atoms with Gasteiger partial charge in [-0.05, 0) is 32.6 Å². The molecule has 1 saturated carbocycles. The van der Waals surface area contributed by atoms with Gasteiger partial charge in [0.05, 0.1) is 6.61 Å². The predicted molar refractivity (Wildman–Crippen MR) is 66.4 cm³/mol. The highest BCUT2D eigenvalue weighted by Gasteiger charge is 2.52. The number of allylic oxidation sites excluding steroid dienone is 2. The van der Waals surface area contributed by atoms with Crippen molar-refractivity contribution in [2.24, 2.45) is 11.3 Å². The normalized spacial score (nSPS) is 27.8. The maximum Gasteiger partial charge on any atom is 0.319 e. The van der Waals surface area contributed by atoms with E-state index in [1.54, 1.807) is 19.1 Å². The van der Waals surface area contributed by atoms with Crippen LogP contribution in [0.4, 0.5) is 0 Å². The smallest absolute Gasteiger partial charge is 0.319 e. The number of rotatable bonds is 6. The highest BCUT2D eigenvalue weighted by atomic mass is 16.5. The molecule has 0 aliphatic heterocycles. The lowest BCUT2D eigenvalue weighted by atomic mass is 9.80. The molecule has 0 amide bonds. The van der Waals surface area contributed by atoms with E-state index < -0.39 is 11.4 Å². The Morgan fingerprint density at radius 1 is 1.53 bits per heavy atom. The third kappa shape index (κ3) is 2.48. The van der Waals surface area contributed by atoms with Crippen LogP contribution in [0.1, 0.15) is 32.6 Å². The molecule has 0 bridgehead atoms. The predicted octanol–water partition coefficient (Wildman–Crippen LogP) is 2.67. The van der Waals surface area contributed by atoms with Gasteiger partial charge in [-0.15, -0.1) is 13.2 Å². The van der Waals surface area contributed by atoms with Crippen molar-refractivity contribution in [2.45, 2.75) is 32.6 Å². The lowest BCUT2D eigenvalue weighted by Crippen LogP contribution is -2.38. The summed E-state index contributed by atoms with van der Waals surface area (Å²) in [6, 6.07) is 0. The van der Waals surface area contributed by atoms with Crippen LogP contribution in [0.15, 0.2) is 25.3 Å². The molecule has 0 aromatic heterocycles. The Balaban J connectivity index is 2.93. The first kappa shape index (κ1) is 13.7. The first-order chi connectivity index (χ1) is 8.12. The van der Waals surface area contributed by atoms with Crippen molar-refractivity contribution < 1.29 is 14.3 Å². The maximum atomic E-state index is 12.3. The fourth-order valence-corrected chi connectivity index (χ4v) is 2.50. The molecular weight excluding hydrogens is 216 g/mol. The number of ether oxygens (including phenoxy) is 1. The SMILES string of the molecule is C=CC[C@H]1CC[C@@](CC=C)(C(=O)OCC)C1=O. The number of ketones is 1. The molecule has 1 rings (SSSR count). The molecule has 0 N–H and O–H groups in total. The average Bonchev–Trinajstić information content (AvgIpc) is 2.61. The molecule has 0 heterocycles. The molecule has 3 heteroatoms. The summed E-state index contributed by atoms with van der Waals surface area (Å²) in [5, 5.41) is 0. The van der Waals surface area contributed by atoms with Gasteiger partial charge in [-0.3, -0.25) is 9.59 Å². The van der Waals surface area contributed by atoms with Crippen LogP contribution in [-0.2, 0) is 14.3 Å². The minimum absolute atomic E-state index is 0.00394. The third-order valence-corrected chi connectivity index (χ3v) is 3.37. The standard InChI is InChI=1S/C14H20O3/c1-4-7-11-8-10-14(9-5-2,12(11)15)13(16)17-6-3/h4-5,11H,1-2,6-10H2,3H3/t11-,14+/m0/s1. The van der Waals surface area contributed by atoms with Crippen molar-refractivity contribution in [3.63, 3.8) is 0 Å². The van der Waals surface area contributed by atoms with E-state index in [4.69, 9.17) is 4.74 Å². The van der Waals surface area contributed by atoms with Gasteiger partial charge in [-0.1, -0.05) is 12.2 Å². The molecule has 0 spiro atoms. The molecule has 1 fully saturated rings. The molecule has 0 aromatic carbocycles. The van der Waals surface area contributed by atoms with Gasteiger partial charge in [-0.25, -0.2) is 0 Å². The summed E-state index contributed by atoms with van der Waals surface area (Å²) in [6.45, 7) is 9.33. The molecule has 0 aromatic rings. The first-order valence-corrected chi connectivity index (χ1v) is 6.05.